The lowest BCUT2D eigenvalue weighted by Gasteiger charge is -2.35. The van der Waals surface area contributed by atoms with Crippen LogP contribution in [0.4, 0.5) is 0 Å². The van der Waals surface area contributed by atoms with Crippen molar-refractivity contribution in [3.8, 4) is 0 Å². The highest BCUT2D eigenvalue weighted by molar-refractivity contribution is 5.76. The van der Waals surface area contributed by atoms with Gasteiger partial charge in [-0.05, 0) is 32.2 Å². The summed E-state index contributed by atoms with van der Waals surface area (Å²) in [6.45, 7) is 5.94. The highest BCUT2D eigenvalue weighted by Gasteiger charge is 2.38. The molecule has 2 aliphatic rings. The molecule has 2 fully saturated rings. The molecule has 2 atom stereocenters. The Bertz CT molecular complexity index is 461. The summed E-state index contributed by atoms with van der Waals surface area (Å²) < 4.78 is 1.89. The minimum absolute atomic E-state index is 0.320. The van der Waals surface area contributed by atoms with Crippen LogP contribution >= 0.6 is 0 Å². The molecule has 0 bridgehead atoms. The fraction of sp³-hybridized carbons (Fsp3) is 0.800. The first-order chi connectivity index (χ1) is 10.3. The summed E-state index contributed by atoms with van der Waals surface area (Å²) in [5.74, 6) is 0.320. The zero-order valence-corrected chi connectivity index (χ0v) is 12.8. The van der Waals surface area contributed by atoms with Gasteiger partial charge in [0.2, 0.25) is 5.91 Å². The third-order valence-corrected chi connectivity index (χ3v) is 4.86. The Morgan fingerprint density at radius 3 is 2.76 bits per heavy atom. The third-order valence-electron chi connectivity index (χ3n) is 4.86. The number of hydrogen-bond donors (Lipinski definition) is 0. The highest BCUT2D eigenvalue weighted by atomic mass is 16.2. The van der Waals surface area contributed by atoms with Crippen LogP contribution in [-0.4, -0.2) is 62.2 Å². The standard InChI is InChI=1S/C15H25N5O/c1-2-15(21)20-8-4-6-14(20)13-5-3-7-18(13)9-10-19-12-16-11-17-19/h11-14H,2-10H2,1H3/t13-,14+/m0/s1. The van der Waals surface area contributed by atoms with Gasteiger partial charge < -0.3 is 4.90 Å². The number of nitrogens with zero attached hydrogens (tertiary/aromatic N) is 5. The zero-order valence-electron chi connectivity index (χ0n) is 12.8. The second-order valence-electron chi connectivity index (χ2n) is 6.05. The van der Waals surface area contributed by atoms with Crippen molar-refractivity contribution in [2.45, 2.75) is 57.7 Å². The predicted molar refractivity (Wildman–Crippen MR) is 79.6 cm³/mol. The molecule has 1 aromatic rings. The molecule has 0 aliphatic carbocycles. The summed E-state index contributed by atoms with van der Waals surface area (Å²) in [6.07, 6.45) is 8.76. The van der Waals surface area contributed by atoms with E-state index in [1.54, 1.807) is 12.7 Å². The molecule has 0 saturated carbocycles. The van der Waals surface area contributed by atoms with Crippen LogP contribution in [0.25, 0.3) is 0 Å². The van der Waals surface area contributed by atoms with E-state index < -0.39 is 0 Å². The summed E-state index contributed by atoms with van der Waals surface area (Å²) in [4.78, 5) is 20.8. The fourth-order valence-electron chi connectivity index (χ4n) is 3.85. The van der Waals surface area contributed by atoms with Gasteiger partial charge in [-0.1, -0.05) is 6.92 Å². The number of amides is 1. The average molecular weight is 291 g/mol. The first-order valence-corrected chi connectivity index (χ1v) is 8.15. The van der Waals surface area contributed by atoms with Gasteiger partial charge in [0.05, 0.1) is 6.54 Å². The molecular weight excluding hydrogens is 266 g/mol. The Morgan fingerprint density at radius 2 is 2.00 bits per heavy atom. The van der Waals surface area contributed by atoms with Crippen molar-refractivity contribution in [1.82, 2.24) is 24.6 Å². The van der Waals surface area contributed by atoms with Crippen molar-refractivity contribution >= 4 is 5.91 Å². The normalized spacial score (nSPS) is 26.6. The summed E-state index contributed by atoms with van der Waals surface area (Å²) in [5.41, 5.74) is 0. The van der Waals surface area contributed by atoms with Crippen LogP contribution in [-0.2, 0) is 11.3 Å². The molecule has 6 nitrogen and oxygen atoms in total. The van der Waals surface area contributed by atoms with Crippen molar-refractivity contribution in [2.24, 2.45) is 0 Å². The van der Waals surface area contributed by atoms with E-state index in [-0.39, 0.29) is 0 Å². The van der Waals surface area contributed by atoms with Gasteiger partial charge in [-0.2, -0.15) is 5.10 Å². The minimum Gasteiger partial charge on any atom is -0.338 e. The Labute approximate surface area is 126 Å². The lowest BCUT2D eigenvalue weighted by molar-refractivity contribution is -0.132. The molecule has 0 radical (unpaired) electrons. The predicted octanol–water partition coefficient (Wildman–Crippen LogP) is 1.14. The van der Waals surface area contributed by atoms with Crippen LogP contribution in [0.3, 0.4) is 0 Å². The Balaban J connectivity index is 1.61. The smallest absolute Gasteiger partial charge is 0.222 e. The molecule has 0 N–H and O–H groups in total. The van der Waals surface area contributed by atoms with Crippen LogP contribution in [0, 0.1) is 0 Å². The number of likely N-dealkylation sites (tertiary alicyclic amines) is 2. The molecule has 2 saturated heterocycles. The first-order valence-electron chi connectivity index (χ1n) is 8.15. The number of carbonyl (C=O) groups excluding carboxylic acids is 1. The highest BCUT2D eigenvalue weighted by Crippen LogP contribution is 2.30. The van der Waals surface area contributed by atoms with Gasteiger partial charge in [0.1, 0.15) is 12.7 Å². The topological polar surface area (TPSA) is 54.3 Å². The van der Waals surface area contributed by atoms with E-state index >= 15 is 0 Å². The van der Waals surface area contributed by atoms with Crippen molar-refractivity contribution in [1.29, 1.82) is 0 Å². The van der Waals surface area contributed by atoms with E-state index in [0.29, 0.717) is 24.4 Å². The van der Waals surface area contributed by atoms with Crippen LogP contribution < -0.4 is 0 Å². The van der Waals surface area contributed by atoms with Crippen LogP contribution in [0.15, 0.2) is 12.7 Å². The maximum Gasteiger partial charge on any atom is 0.222 e. The maximum absolute atomic E-state index is 12.1. The molecular formula is C15H25N5O. The summed E-state index contributed by atoms with van der Waals surface area (Å²) in [5, 5.41) is 4.17. The van der Waals surface area contributed by atoms with Gasteiger partial charge in [-0.3, -0.25) is 14.4 Å². The third kappa shape index (κ3) is 3.10. The van der Waals surface area contributed by atoms with Crippen molar-refractivity contribution < 1.29 is 4.79 Å². The summed E-state index contributed by atoms with van der Waals surface area (Å²) in [6, 6.07) is 0.960. The monoisotopic (exact) mass is 291 g/mol. The van der Waals surface area contributed by atoms with Crippen molar-refractivity contribution in [3.63, 3.8) is 0 Å². The average Bonchev–Trinajstić information content (AvgIpc) is 3.22. The minimum atomic E-state index is 0.320. The van der Waals surface area contributed by atoms with E-state index in [4.69, 9.17) is 0 Å². The number of carbonyl (C=O) groups is 1. The Hall–Kier alpha value is -1.43. The van der Waals surface area contributed by atoms with E-state index in [9.17, 15) is 4.79 Å². The van der Waals surface area contributed by atoms with Crippen LogP contribution in [0.5, 0.6) is 0 Å². The van der Waals surface area contributed by atoms with Crippen LogP contribution in [0.1, 0.15) is 39.0 Å². The largest absolute Gasteiger partial charge is 0.338 e. The van der Waals surface area contributed by atoms with Gasteiger partial charge in [0, 0.05) is 31.6 Å². The van der Waals surface area contributed by atoms with Gasteiger partial charge in [0.15, 0.2) is 0 Å². The van der Waals surface area contributed by atoms with Gasteiger partial charge in [-0.15, -0.1) is 0 Å². The Kier molecular flexibility index (Phi) is 4.53. The molecule has 3 heterocycles. The molecule has 116 valence electrons. The number of rotatable bonds is 5. The van der Waals surface area contributed by atoms with E-state index in [0.717, 1.165) is 39.0 Å². The lowest BCUT2D eigenvalue weighted by atomic mass is 10.0. The van der Waals surface area contributed by atoms with Crippen molar-refractivity contribution in [3.05, 3.63) is 12.7 Å². The Morgan fingerprint density at radius 1 is 1.19 bits per heavy atom. The number of aromatic nitrogens is 3. The van der Waals surface area contributed by atoms with Crippen molar-refractivity contribution in [2.75, 3.05) is 19.6 Å². The van der Waals surface area contributed by atoms with E-state index in [1.165, 1.54) is 12.8 Å². The van der Waals surface area contributed by atoms with Gasteiger partial charge in [-0.25, -0.2) is 4.98 Å². The SMILES string of the molecule is CCC(=O)N1CCC[C@@H]1[C@@H]1CCCN1CCn1cncn1. The zero-order chi connectivity index (χ0) is 14.7. The molecule has 0 spiro atoms. The van der Waals surface area contributed by atoms with Gasteiger partial charge in [0.25, 0.3) is 0 Å². The molecule has 1 aromatic heterocycles. The second kappa shape index (κ2) is 6.56. The quantitative estimate of drug-likeness (QED) is 0.816. The molecule has 0 aromatic carbocycles. The molecule has 0 unspecified atom stereocenters. The fourth-order valence-corrected chi connectivity index (χ4v) is 3.85. The summed E-state index contributed by atoms with van der Waals surface area (Å²) in [7, 11) is 0. The molecule has 6 heteroatoms. The van der Waals surface area contributed by atoms with E-state index in [1.807, 2.05) is 11.6 Å². The first kappa shape index (κ1) is 14.5. The lowest BCUT2D eigenvalue weighted by Crippen LogP contribution is -2.48. The van der Waals surface area contributed by atoms with E-state index in [2.05, 4.69) is 19.9 Å². The summed E-state index contributed by atoms with van der Waals surface area (Å²) >= 11 is 0. The maximum atomic E-state index is 12.1. The molecule has 1 amide bonds. The molecule has 21 heavy (non-hydrogen) atoms. The van der Waals surface area contributed by atoms with Crippen LogP contribution in [0.2, 0.25) is 0 Å². The molecule has 3 rings (SSSR count). The number of hydrogen-bond acceptors (Lipinski definition) is 4. The van der Waals surface area contributed by atoms with Gasteiger partial charge >= 0.3 is 0 Å². The second-order valence-corrected chi connectivity index (χ2v) is 6.05. The molecule has 2 aliphatic heterocycles.